The molecule has 0 aliphatic rings. The van der Waals surface area contributed by atoms with Gasteiger partial charge in [0, 0.05) is 5.56 Å². The van der Waals surface area contributed by atoms with Crippen LogP contribution in [0.15, 0.2) is 35.5 Å². The van der Waals surface area contributed by atoms with E-state index < -0.39 is 10.1 Å². The van der Waals surface area contributed by atoms with Crippen molar-refractivity contribution in [2.24, 2.45) is 5.16 Å². The molecule has 1 rings (SSSR count). The SMILES string of the molecule is CCCS(=O)(=O)ON=C(C#N)c1ccccc1. The van der Waals surface area contributed by atoms with Gasteiger partial charge in [-0.3, -0.25) is 4.28 Å². The predicted molar refractivity (Wildman–Crippen MR) is 63.8 cm³/mol. The van der Waals surface area contributed by atoms with Crippen LogP contribution in [0.4, 0.5) is 0 Å². The average Bonchev–Trinajstić information content (AvgIpc) is 2.31. The average molecular weight is 252 g/mol. The minimum Gasteiger partial charge on any atom is -0.267 e. The van der Waals surface area contributed by atoms with Crippen molar-refractivity contribution in [2.45, 2.75) is 13.3 Å². The van der Waals surface area contributed by atoms with Crippen LogP contribution in [0.25, 0.3) is 0 Å². The summed E-state index contributed by atoms with van der Waals surface area (Å²) in [6, 6.07) is 10.3. The molecule has 0 saturated heterocycles. The highest BCUT2D eigenvalue weighted by atomic mass is 32.2. The van der Waals surface area contributed by atoms with Gasteiger partial charge >= 0.3 is 10.1 Å². The molecule has 0 heterocycles. The minimum absolute atomic E-state index is 0.0646. The standard InChI is InChI=1S/C11H12N2O3S/c1-2-8-17(14,15)16-13-11(9-12)10-6-4-3-5-7-10/h3-7H,2,8H2,1H3. The predicted octanol–water partition coefficient (Wildman–Crippen LogP) is 1.67. The summed E-state index contributed by atoms with van der Waals surface area (Å²) < 4.78 is 26.9. The Labute approximate surface area is 100 Å². The Kier molecular flexibility index (Phi) is 4.67. The molecule has 0 saturated carbocycles. The first-order valence-electron chi connectivity index (χ1n) is 5.04. The number of benzene rings is 1. The highest BCUT2D eigenvalue weighted by molar-refractivity contribution is 7.86. The van der Waals surface area contributed by atoms with E-state index in [9.17, 15) is 8.42 Å². The van der Waals surface area contributed by atoms with Crippen molar-refractivity contribution < 1.29 is 12.7 Å². The molecule has 0 bridgehead atoms. The summed E-state index contributed by atoms with van der Waals surface area (Å²) in [6.07, 6.45) is 0.436. The Bertz CT molecular complexity index is 530. The first-order valence-corrected chi connectivity index (χ1v) is 6.61. The lowest BCUT2D eigenvalue weighted by Crippen LogP contribution is -2.08. The van der Waals surface area contributed by atoms with Crippen LogP contribution in [-0.4, -0.2) is 19.9 Å². The summed E-state index contributed by atoms with van der Waals surface area (Å²) in [6.45, 7) is 1.72. The zero-order chi connectivity index (χ0) is 12.7. The first-order chi connectivity index (χ1) is 8.09. The van der Waals surface area contributed by atoms with E-state index >= 15 is 0 Å². The van der Waals surface area contributed by atoms with Crippen LogP contribution in [0, 0.1) is 11.3 Å². The van der Waals surface area contributed by atoms with Gasteiger partial charge in [-0.15, -0.1) is 0 Å². The number of nitriles is 1. The van der Waals surface area contributed by atoms with Gasteiger partial charge in [0.25, 0.3) is 0 Å². The first kappa shape index (κ1) is 13.2. The number of rotatable bonds is 5. The smallest absolute Gasteiger partial charge is 0.267 e. The quantitative estimate of drug-likeness (QED) is 0.589. The normalized spacial score (nSPS) is 11.9. The number of nitrogens with zero attached hydrogens (tertiary/aromatic N) is 2. The molecule has 0 atom stereocenters. The van der Waals surface area contributed by atoms with E-state index in [-0.39, 0.29) is 11.5 Å². The third-order valence-corrected chi connectivity index (χ3v) is 3.06. The zero-order valence-corrected chi connectivity index (χ0v) is 10.1. The molecule has 0 aliphatic heterocycles. The van der Waals surface area contributed by atoms with Crippen molar-refractivity contribution in [1.29, 1.82) is 5.26 Å². The molecular weight excluding hydrogens is 240 g/mol. The van der Waals surface area contributed by atoms with Crippen LogP contribution in [0.1, 0.15) is 18.9 Å². The maximum atomic E-state index is 11.2. The second-order valence-electron chi connectivity index (χ2n) is 3.25. The van der Waals surface area contributed by atoms with E-state index in [1.54, 1.807) is 43.3 Å². The molecule has 0 radical (unpaired) electrons. The van der Waals surface area contributed by atoms with Gasteiger partial charge in [0.2, 0.25) is 0 Å². The molecular formula is C11H12N2O3S. The molecule has 0 fully saturated rings. The van der Waals surface area contributed by atoms with E-state index in [0.717, 1.165) is 0 Å². The molecule has 0 spiro atoms. The van der Waals surface area contributed by atoms with Crippen molar-refractivity contribution in [3.8, 4) is 6.07 Å². The molecule has 0 aromatic heterocycles. The fourth-order valence-electron chi connectivity index (χ4n) is 1.12. The van der Waals surface area contributed by atoms with Crippen molar-refractivity contribution >= 4 is 15.8 Å². The summed E-state index contributed by atoms with van der Waals surface area (Å²) in [7, 11) is -3.68. The molecule has 0 N–H and O–H groups in total. The van der Waals surface area contributed by atoms with E-state index in [1.165, 1.54) is 0 Å². The van der Waals surface area contributed by atoms with Crippen molar-refractivity contribution in [2.75, 3.05) is 5.75 Å². The van der Waals surface area contributed by atoms with Gasteiger partial charge in [-0.1, -0.05) is 42.4 Å². The lowest BCUT2D eigenvalue weighted by Gasteiger charge is -2.00. The third kappa shape index (κ3) is 4.25. The summed E-state index contributed by atoms with van der Waals surface area (Å²) in [5.41, 5.74) is 0.451. The fourth-order valence-corrected chi connectivity index (χ4v) is 1.88. The summed E-state index contributed by atoms with van der Waals surface area (Å²) in [5, 5.41) is 12.2. The lowest BCUT2D eigenvalue weighted by molar-refractivity contribution is 0.339. The number of oxime groups is 1. The van der Waals surface area contributed by atoms with Crippen molar-refractivity contribution in [3.05, 3.63) is 35.9 Å². The summed E-state index contributed by atoms with van der Waals surface area (Å²) in [5.74, 6) is -0.121. The van der Waals surface area contributed by atoms with Gasteiger partial charge in [-0.25, -0.2) is 0 Å². The van der Waals surface area contributed by atoms with Gasteiger partial charge < -0.3 is 0 Å². The third-order valence-electron chi connectivity index (χ3n) is 1.85. The van der Waals surface area contributed by atoms with Gasteiger partial charge in [0.05, 0.1) is 5.75 Å². The fraction of sp³-hybridized carbons (Fsp3) is 0.273. The highest BCUT2D eigenvalue weighted by Gasteiger charge is 2.11. The van der Waals surface area contributed by atoms with Crippen LogP contribution >= 0.6 is 0 Å². The summed E-state index contributed by atoms with van der Waals surface area (Å²) in [4.78, 5) is 0. The van der Waals surface area contributed by atoms with E-state index in [0.29, 0.717) is 12.0 Å². The van der Waals surface area contributed by atoms with Crippen LogP contribution in [-0.2, 0) is 14.4 Å². The molecule has 0 amide bonds. The highest BCUT2D eigenvalue weighted by Crippen LogP contribution is 2.03. The number of hydrogen-bond acceptors (Lipinski definition) is 5. The van der Waals surface area contributed by atoms with Crippen LogP contribution in [0.5, 0.6) is 0 Å². The zero-order valence-electron chi connectivity index (χ0n) is 9.33. The van der Waals surface area contributed by atoms with Crippen LogP contribution in [0.3, 0.4) is 0 Å². The Morgan fingerprint density at radius 2 is 2.06 bits per heavy atom. The Morgan fingerprint density at radius 3 is 2.59 bits per heavy atom. The Balaban J connectivity index is 2.88. The molecule has 1 aromatic carbocycles. The molecule has 0 aliphatic carbocycles. The molecule has 5 nitrogen and oxygen atoms in total. The second-order valence-corrected chi connectivity index (χ2v) is 4.93. The van der Waals surface area contributed by atoms with Crippen molar-refractivity contribution in [3.63, 3.8) is 0 Å². The van der Waals surface area contributed by atoms with Gasteiger partial charge in [-0.2, -0.15) is 13.7 Å². The monoisotopic (exact) mass is 252 g/mol. The molecule has 90 valence electrons. The van der Waals surface area contributed by atoms with E-state index in [4.69, 9.17) is 5.26 Å². The van der Waals surface area contributed by atoms with Gasteiger partial charge in [-0.05, 0) is 6.42 Å². The topological polar surface area (TPSA) is 79.5 Å². The maximum absolute atomic E-state index is 11.2. The minimum atomic E-state index is -3.68. The van der Waals surface area contributed by atoms with Crippen LogP contribution < -0.4 is 0 Å². The Morgan fingerprint density at radius 1 is 1.41 bits per heavy atom. The second kappa shape index (κ2) is 6.01. The molecule has 17 heavy (non-hydrogen) atoms. The molecule has 1 aromatic rings. The van der Waals surface area contributed by atoms with Gasteiger partial charge in [0.1, 0.15) is 6.07 Å². The van der Waals surface area contributed by atoms with Crippen LogP contribution in [0.2, 0.25) is 0 Å². The van der Waals surface area contributed by atoms with E-state index in [1.807, 2.05) is 0 Å². The summed E-state index contributed by atoms with van der Waals surface area (Å²) >= 11 is 0. The number of hydrogen-bond donors (Lipinski definition) is 0. The van der Waals surface area contributed by atoms with Crippen molar-refractivity contribution in [1.82, 2.24) is 0 Å². The molecule has 6 heteroatoms. The molecule has 0 unspecified atom stereocenters. The lowest BCUT2D eigenvalue weighted by atomic mass is 10.1. The largest absolute Gasteiger partial charge is 0.328 e. The maximum Gasteiger partial charge on any atom is 0.328 e. The van der Waals surface area contributed by atoms with Gasteiger partial charge in [0.15, 0.2) is 5.71 Å². The Hall–Kier alpha value is -1.87. The van der Waals surface area contributed by atoms with E-state index in [2.05, 4.69) is 9.44 Å².